The molecule has 1 aromatic rings. The third-order valence-electron chi connectivity index (χ3n) is 3.08. The van der Waals surface area contributed by atoms with Gasteiger partial charge in [0.1, 0.15) is 0 Å². The highest BCUT2D eigenvalue weighted by molar-refractivity contribution is 6.32. The van der Waals surface area contributed by atoms with Crippen molar-refractivity contribution in [2.45, 2.75) is 32.8 Å². The molecule has 0 heterocycles. The van der Waals surface area contributed by atoms with Gasteiger partial charge in [0.15, 0.2) is 11.5 Å². The standard InChI is InChI=1S/C14H21ClO3/c1-5-6-9(2)13(16)10-7-11(15)14(18-4)12(8-10)17-3/h7-9,13,16H,5-6H2,1-4H3. The van der Waals surface area contributed by atoms with Gasteiger partial charge in [0.05, 0.1) is 25.3 Å². The first-order valence-corrected chi connectivity index (χ1v) is 6.52. The molecular formula is C14H21ClO3. The zero-order valence-electron chi connectivity index (χ0n) is 11.4. The smallest absolute Gasteiger partial charge is 0.179 e. The molecule has 1 N–H and O–H groups in total. The molecule has 0 radical (unpaired) electrons. The second kappa shape index (κ2) is 6.86. The van der Waals surface area contributed by atoms with Crippen LogP contribution in [0.4, 0.5) is 0 Å². The second-order valence-electron chi connectivity index (χ2n) is 4.45. The quantitative estimate of drug-likeness (QED) is 0.855. The van der Waals surface area contributed by atoms with Gasteiger partial charge < -0.3 is 14.6 Å². The van der Waals surface area contributed by atoms with Crippen molar-refractivity contribution in [3.8, 4) is 11.5 Å². The Hall–Kier alpha value is -0.930. The summed E-state index contributed by atoms with van der Waals surface area (Å²) in [6, 6.07) is 3.52. The molecule has 0 aliphatic carbocycles. The van der Waals surface area contributed by atoms with Crippen molar-refractivity contribution in [2.24, 2.45) is 5.92 Å². The molecule has 0 saturated carbocycles. The van der Waals surface area contributed by atoms with Crippen LogP contribution in [0, 0.1) is 5.92 Å². The van der Waals surface area contributed by atoms with E-state index in [4.69, 9.17) is 21.1 Å². The van der Waals surface area contributed by atoms with E-state index in [0.29, 0.717) is 16.5 Å². The number of hydrogen-bond acceptors (Lipinski definition) is 3. The molecule has 0 amide bonds. The van der Waals surface area contributed by atoms with Crippen molar-refractivity contribution in [1.29, 1.82) is 0 Å². The summed E-state index contributed by atoms with van der Waals surface area (Å²) in [6.45, 7) is 4.13. The molecule has 2 atom stereocenters. The van der Waals surface area contributed by atoms with Gasteiger partial charge in [-0.05, 0) is 30.0 Å². The van der Waals surface area contributed by atoms with Crippen LogP contribution in [-0.2, 0) is 0 Å². The molecule has 0 fully saturated rings. The van der Waals surface area contributed by atoms with Crippen LogP contribution in [-0.4, -0.2) is 19.3 Å². The number of benzene rings is 1. The molecule has 4 heteroatoms. The first kappa shape index (κ1) is 15.1. The normalized spacial score (nSPS) is 14.1. The van der Waals surface area contributed by atoms with E-state index in [1.165, 1.54) is 0 Å². The summed E-state index contributed by atoms with van der Waals surface area (Å²) in [5.41, 5.74) is 0.763. The predicted molar refractivity (Wildman–Crippen MR) is 73.6 cm³/mol. The lowest BCUT2D eigenvalue weighted by Gasteiger charge is -2.20. The first-order chi connectivity index (χ1) is 8.54. The molecule has 0 bridgehead atoms. The van der Waals surface area contributed by atoms with E-state index in [2.05, 4.69) is 6.92 Å². The van der Waals surface area contributed by atoms with Gasteiger partial charge in [-0.25, -0.2) is 0 Å². The Labute approximate surface area is 114 Å². The SMILES string of the molecule is CCCC(C)C(O)c1cc(Cl)c(OC)c(OC)c1. The lowest BCUT2D eigenvalue weighted by Crippen LogP contribution is -2.09. The summed E-state index contributed by atoms with van der Waals surface area (Å²) in [4.78, 5) is 0. The van der Waals surface area contributed by atoms with E-state index in [1.807, 2.05) is 6.92 Å². The van der Waals surface area contributed by atoms with Crippen LogP contribution in [0.1, 0.15) is 38.4 Å². The van der Waals surface area contributed by atoms with Gasteiger partial charge in [0, 0.05) is 0 Å². The summed E-state index contributed by atoms with van der Waals surface area (Å²) in [5.74, 6) is 1.23. The van der Waals surface area contributed by atoms with Gasteiger partial charge in [-0.1, -0.05) is 31.9 Å². The maximum atomic E-state index is 10.3. The third-order valence-corrected chi connectivity index (χ3v) is 3.36. The molecular weight excluding hydrogens is 252 g/mol. The van der Waals surface area contributed by atoms with Crippen LogP contribution in [0.5, 0.6) is 11.5 Å². The fourth-order valence-corrected chi connectivity index (χ4v) is 2.35. The minimum Gasteiger partial charge on any atom is -0.493 e. The monoisotopic (exact) mass is 272 g/mol. The minimum absolute atomic E-state index is 0.184. The van der Waals surface area contributed by atoms with Gasteiger partial charge in [0.2, 0.25) is 0 Å². The van der Waals surface area contributed by atoms with E-state index in [9.17, 15) is 5.11 Å². The maximum absolute atomic E-state index is 10.3. The van der Waals surface area contributed by atoms with Gasteiger partial charge in [-0.2, -0.15) is 0 Å². The second-order valence-corrected chi connectivity index (χ2v) is 4.86. The van der Waals surface area contributed by atoms with E-state index in [0.717, 1.165) is 18.4 Å². The summed E-state index contributed by atoms with van der Waals surface area (Å²) in [5, 5.41) is 10.7. The number of aliphatic hydroxyl groups excluding tert-OH is 1. The lowest BCUT2D eigenvalue weighted by molar-refractivity contribution is 0.112. The fraction of sp³-hybridized carbons (Fsp3) is 0.571. The Kier molecular flexibility index (Phi) is 5.76. The van der Waals surface area contributed by atoms with Crippen LogP contribution in [0.2, 0.25) is 5.02 Å². The number of methoxy groups -OCH3 is 2. The first-order valence-electron chi connectivity index (χ1n) is 6.14. The van der Waals surface area contributed by atoms with Crippen LogP contribution < -0.4 is 9.47 Å². The van der Waals surface area contributed by atoms with Gasteiger partial charge in [-0.15, -0.1) is 0 Å². The molecule has 0 aliphatic heterocycles. The molecule has 3 nitrogen and oxygen atoms in total. The van der Waals surface area contributed by atoms with Crippen molar-refractivity contribution in [1.82, 2.24) is 0 Å². The van der Waals surface area contributed by atoms with Crippen molar-refractivity contribution < 1.29 is 14.6 Å². The van der Waals surface area contributed by atoms with E-state index in [1.54, 1.807) is 26.4 Å². The molecule has 18 heavy (non-hydrogen) atoms. The van der Waals surface area contributed by atoms with E-state index < -0.39 is 6.10 Å². The topological polar surface area (TPSA) is 38.7 Å². The highest BCUT2D eigenvalue weighted by Crippen LogP contribution is 2.39. The third kappa shape index (κ3) is 3.30. The number of hydrogen-bond donors (Lipinski definition) is 1. The molecule has 0 aromatic heterocycles. The number of aliphatic hydroxyl groups is 1. The molecule has 0 saturated heterocycles. The van der Waals surface area contributed by atoms with Gasteiger partial charge >= 0.3 is 0 Å². The van der Waals surface area contributed by atoms with E-state index in [-0.39, 0.29) is 5.92 Å². The van der Waals surface area contributed by atoms with Gasteiger partial charge in [0.25, 0.3) is 0 Å². The lowest BCUT2D eigenvalue weighted by atomic mass is 9.93. The summed E-state index contributed by atoms with van der Waals surface area (Å²) in [6.07, 6.45) is 1.47. The van der Waals surface area contributed by atoms with Crippen LogP contribution in [0.25, 0.3) is 0 Å². The molecule has 2 unspecified atom stereocenters. The predicted octanol–water partition coefficient (Wildman–Crippen LogP) is 3.83. The molecule has 0 spiro atoms. The largest absolute Gasteiger partial charge is 0.493 e. The number of ether oxygens (including phenoxy) is 2. The Balaban J connectivity index is 3.07. The van der Waals surface area contributed by atoms with E-state index >= 15 is 0 Å². The van der Waals surface area contributed by atoms with Crippen molar-refractivity contribution >= 4 is 11.6 Å². The minimum atomic E-state index is -0.540. The highest BCUT2D eigenvalue weighted by Gasteiger charge is 2.19. The summed E-state index contributed by atoms with van der Waals surface area (Å²) < 4.78 is 10.4. The Morgan fingerprint density at radius 3 is 2.44 bits per heavy atom. The molecule has 102 valence electrons. The maximum Gasteiger partial charge on any atom is 0.179 e. The number of halogens is 1. The highest BCUT2D eigenvalue weighted by atomic mass is 35.5. The zero-order valence-corrected chi connectivity index (χ0v) is 12.1. The summed E-state index contributed by atoms with van der Waals surface area (Å²) in [7, 11) is 3.10. The average Bonchev–Trinajstić information content (AvgIpc) is 2.36. The number of rotatable bonds is 6. The van der Waals surface area contributed by atoms with Crippen LogP contribution >= 0.6 is 11.6 Å². The molecule has 0 aliphatic rings. The average molecular weight is 273 g/mol. The van der Waals surface area contributed by atoms with Crippen molar-refractivity contribution in [3.05, 3.63) is 22.7 Å². The van der Waals surface area contributed by atoms with Gasteiger partial charge in [-0.3, -0.25) is 0 Å². The van der Waals surface area contributed by atoms with Crippen molar-refractivity contribution in [2.75, 3.05) is 14.2 Å². The Morgan fingerprint density at radius 1 is 1.28 bits per heavy atom. The molecule has 1 rings (SSSR count). The van der Waals surface area contributed by atoms with Crippen LogP contribution in [0.15, 0.2) is 12.1 Å². The van der Waals surface area contributed by atoms with Crippen LogP contribution in [0.3, 0.4) is 0 Å². The summed E-state index contributed by atoms with van der Waals surface area (Å²) >= 11 is 6.12. The Morgan fingerprint density at radius 2 is 1.94 bits per heavy atom. The molecule has 1 aromatic carbocycles. The fourth-order valence-electron chi connectivity index (χ4n) is 2.05. The van der Waals surface area contributed by atoms with Crippen molar-refractivity contribution in [3.63, 3.8) is 0 Å². The zero-order chi connectivity index (χ0) is 13.7. The Bertz CT molecular complexity index is 393.